The number of hydrogen-bond donors (Lipinski definition) is 2. The zero-order chi connectivity index (χ0) is 18.2. The molecule has 1 unspecified atom stereocenters. The molecule has 1 saturated heterocycles. The zero-order valence-electron chi connectivity index (χ0n) is 16.9. The molecule has 0 amide bonds. The van der Waals surface area contributed by atoms with Gasteiger partial charge in [-0.25, -0.2) is 4.98 Å². The molecule has 150 valence electrons. The Hall–Kier alpha value is -0.410. The Balaban J connectivity index is 0.00000338. The first-order valence-electron chi connectivity index (χ1n) is 9.59. The summed E-state index contributed by atoms with van der Waals surface area (Å²) in [5, 5.41) is 10.2. The van der Waals surface area contributed by atoms with Crippen LogP contribution in [0, 0.1) is 11.8 Å². The predicted octanol–water partition coefficient (Wildman–Crippen LogP) is 3.92. The number of halogens is 1. The van der Waals surface area contributed by atoms with E-state index in [9.17, 15) is 0 Å². The molecule has 2 N–H and O–H groups in total. The van der Waals surface area contributed by atoms with E-state index in [4.69, 9.17) is 0 Å². The van der Waals surface area contributed by atoms with Crippen LogP contribution in [0.25, 0.3) is 0 Å². The summed E-state index contributed by atoms with van der Waals surface area (Å²) < 4.78 is 0. The minimum Gasteiger partial charge on any atom is -0.356 e. The fourth-order valence-corrected chi connectivity index (χ4v) is 4.19. The van der Waals surface area contributed by atoms with E-state index in [1.807, 2.05) is 7.05 Å². The first-order valence-corrected chi connectivity index (χ1v) is 10.5. The lowest BCUT2D eigenvalue weighted by atomic mass is 9.97. The summed E-state index contributed by atoms with van der Waals surface area (Å²) in [5.41, 5.74) is 1.18. The van der Waals surface area contributed by atoms with Crippen LogP contribution in [-0.2, 0) is 6.54 Å². The second-order valence-corrected chi connectivity index (χ2v) is 8.73. The van der Waals surface area contributed by atoms with Gasteiger partial charge in [0.25, 0.3) is 0 Å². The average molecular weight is 494 g/mol. The first-order chi connectivity index (χ1) is 12.0. The summed E-state index contributed by atoms with van der Waals surface area (Å²) in [6.45, 7) is 14.4. The van der Waals surface area contributed by atoms with Crippen LogP contribution < -0.4 is 10.6 Å². The molecule has 2 rings (SSSR count). The molecule has 1 aromatic heterocycles. The van der Waals surface area contributed by atoms with E-state index in [2.05, 4.69) is 58.6 Å². The van der Waals surface area contributed by atoms with Crippen molar-refractivity contribution in [3.8, 4) is 0 Å². The predicted molar refractivity (Wildman–Crippen MR) is 124 cm³/mol. The number of nitrogens with zero attached hydrogens (tertiary/aromatic N) is 3. The molecule has 7 heteroatoms. The minimum absolute atomic E-state index is 0. The largest absolute Gasteiger partial charge is 0.356 e. The molecule has 5 nitrogen and oxygen atoms in total. The summed E-state index contributed by atoms with van der Waals surface area (Å²) in [6, 6.07) is 0. The standard InChI is InChI=1S/C19H35N5S.HI/c1-14(2)11-24-8-6-7-16(12-24)9-21-19(20-5)22-10-18-23-17(13-25-18)15(3)4;/h13-16H,6-12H2,1-5H3,(H2,20,21,22);1H. The van der Waals surface area contributed by atoms with Crippen molar-refractivity contribution in [1.82, 2.24) is 20.5 Å². The number of rotatable bonds is 7. The molecular weight excluding hydrogens is 457 g/mol. The summed E-state index contributed by atoms with van der Waals surface area (Å²) in [6.07, 6.45) is 2.62. The second kappa shape index (κ2) is 12.1. The highest BCUT2D eigenvalue weighted by molar-refractivity contribution is 14.0. The van der Waals surface area contributed by atoms with Crippen molar-refractivity contribution in [3.63, 3.8) is 0 Å². The fourth-order valence-electron chi connectivity index (χ4n) is 3.29. The van der Waals surface area contributed by atoms with Crippen molar-refractivity contribution >= 4 is 41.3 Å². The lowest BCUT2D eigenvalue weighted by Gasteiger charge is -2.34. The number of piperidine rings is 1. The number of nitrogens with one attached hydrogen (secondary N) is 2. The first kappa shape index (κ1) is 23.6. The zero-order valence-corrected chi connectivity index (χ0v) is 20.1. The molecule has 0 radical (unpaired) electrons. The highest BCUT2D eigenvalue weighted by Gasteiger charge is 2.20. The Labute approximate surface area is 180 Å². The average Bonchev–Trinajstić information content (AvgIpc) is 3.04. The van der Waals surface area contributed by atoms with E-state index < -0.39 is 0 Å². The van der Waals surface area contributed by atoms with Crippen LogP contribution in [0.15, 0.2) is 10.4 Å². The number of aromatic nitrogens is 1. The van der Waals surface area contributed by atoms with E-state index in [0.717, 1.165) is 30.0 Å². The number of aliphatic imine (C=N–C) groups is 1. The van der Waals surface area contributed by atoms with E-state index in [1.54, 1.807) is 11.3 Å². The third-order valence-electron chi connectivity index (χ3n) is 4.58. The van der Waals surface area contributed by atoms with Crippen LogP contribution in [0.2, 0.25) is 0 Å². The summed E-state index contributed by atoms with van der Waals surface area (Å²) in [5.74, 6) is 2.82. The van der Waals surface area contributed by atoms with Crippen molar-refractivity contribution in [1.29, 1.82) is 0 Å². The topological polar surface area (TPSA) is 52.6 Å². The lowest BCUT2D eigenvalue weighted by molar-refractivity contribution is 0.159. The van der Waals surface area contributed by atoms with Crippen molar-refractivity contribution in [3.05, 3.63) is 16.1 Å². The van der Waals surface area contributed by atoms with Gasteiger partial charge < -0.3 is 15.5 Å². The molecule has 26 heavy (non-hydrogen) atoms. The van der Waals surface area contributed by atoms with Crippen LogP contribution in [-0.4, -0.2) is 49.1 Å². The number of hydrogen-bond acceptors (Lipinski definition) is 4. The monoisotopic (exact) mass is 493 g/mol. The van der Waals surface area contributed by atoms with E-state index in [-0.39, 0.29) is 24.0 Å². The normalized spacial score (nSPS) is 18.9. The van der Waals surface area contributed by atoms with Gasteiger partial charge in [0, 0.05) is 32.1 Å². The third kappa shape index (κ3) is 8.08. The maximum absolute atomic E-state index is 4.67. The van der Waals surface area contributed by atoms with Gasteiger partial charge >= 0.3 is 0 Å². The summed E-state index contributed by atoms with van der Waals surface area (Å²) in [4.78, 5) is 11.6. The Morgan fingerprint density at radius 2 is 2.12 bits per heavy atom. The van der Waals surface area contributed by atoms with Gasteiger partial charge in [0.15, 0.2) is 5.96 Å². The molecule has 1 fully saturated rings. The SMILES string of the molecule is CN=C(NCc1nc(C(C)C)cs1)NCC1CCCN(CC(C)C)C1.I. The van der Waals surface area contributed by atoms with Crippen LogP contribution in [0.1, 0.15) is 57.2 Å². The molecule has 2 heterocycles. The van der Waals surface area contributed by atoms with Gasteiger partial charge in [-0.2, -0.15) is 0 Å². The maximum atomic E-state index is 4.67. The number of guanidine groups is 1. The number of likely N-dealkylation sites (tertiary alicyclic amines) is 1. The van der Waals surface area contributed by atoms with Crippen LogP contribution in [0.5, 0.6) is 0 Å². The minimum atomic E-state index is 0. The van der Waals surface area contributed by atoms with Crippen molar-refractivity contribution < 1.29 is 0 Å². The van der Waals surface area contributed by atoms with E-state index in [1.165, 1.54) is 38.2 Å². The van der Waals surface area contributed by atoms with Gasteiger partial charge in [0.1, 0.15) is 5.01 Å². The Morgan fingerprint density at radius 1 is 1.35 bits per heavy atom. The van der Waals surface area contributed by atoms with Crippen LogP contribution in [0.3, 0.4) is 0 Å². The summed E-state index contributed by atoms with van der Waals surface area (Å²) in [7, 11) is 1.84. The van der Waals surface area contributed by atoms with E-state index >= 15 is 0 Å². The van der Waals surface area contributed by atoms with Gasteiger partial charge in [-0.3, -0.25) is 4.99 Å². The van der Waals surface area contributed by atoms with Gasteiger partial charge in [0.05, 0.1) is 12.2 Å². The van der Waals surface area contributed by atoms with Crippen LogP contribution in [0.4, 0.5) is 0 Å². The highest BCUT2D eigenvalue weighted by atomic mass is 127. The molecule has 0 bridgehead atoms. The molecule has 0 aromatic carbocycles. The molecule has 1 aliphatic heterocycles. The van der Waals surface area contributed by atoms with Gasteiger partial charge in [-0.05, 0) is 37.1 Å². The molecule has 1 aromatic rings. The lowest BCUT2D eigenvalue weighted by Crippen LogP contribution is -2.44. The van der Waals surface area contributed by atoms with Gasteiger partial charge in [-0.15, -0.1) is 35.3 Å². The smallest absolute Gasteiger partial charge is 0.191 e. The van der Waals surface area contributed by atoms with E-state index in [0.29, 0.717) is 11.8 Å². The quantitative estimate of drug-likeness (QED) is 0.344. The Bertz CT molecular complexity index is 544. The van der Waals surface area contributed by atoms with Crippen molar-refractivity contribution in [2.45, 2.75) is 53.0 Å². The van der Waals surface area contributed by atoms with Crippen molar-refractivity contribution in [2.24, 2.45) is 16.8 Å². The van der Waals surface area contributed by atoms with Gasteiger partial charge in [0.2, 0.25) is 0 Å². The second-order valence-electron chi connectivity index (χ2n) is 7.79. The molecule has 1 atom stereocenters. The van der Waals surface area contributed by atoms with Gasteiger partial charge in [-0.1, -0.05) is 27.7 Å². The third-order valence-corrected chi connectivity index (χ3v) is 5.44. The molecular formula is C19H36IN5S. The van der Waals surface area contributed by atoms with Crippen LogP contribution >= 0.6 is 35.3 Å². The molecule has 1 aliphatic rings. The van der Waals surface area contributed by atoms with Crippen molar-refractivity contribution in [2.75, 3.05) is 33.2 Å². The highest BCUT2D eigenvalue weighted by Crippen LogP contribution is 2.18. The molecule has 0 aliphatic carbocycles. The maximum Gasteiger partial charge on any atom is 0.191 e. The number of thiazole rings is 1. The molecule has 0 saturated carbocycles. The summed E-state index contributed by atoms with van der Waals surface area (Å²) >= 11 is 1.72. The Kier molecular flexibility index (Phi) is 11.0. The fraction of sp³-hybridized carbons (Fsp3) is 0.789. The molecule has 0 spiro atoms. The Morgan fingerprint density at radius 3 is 2.73 bits per heavy atom.